The van der Waals surface area contributed by atoms with Gasteiger partial charge in [-0.2, -0.15) is 0 Å². The molecule has 2 aromatic carbocycles. The number of carbonyl (C=O) groups is 1. The van der Waals surface area contributed by atoms with E-state index in [1.54, 1.807) is 15.3 Å². The molecule has 0 bridgehead atoms. The third-order valence-corrected chi connectivity index (χ3v) is 5.15. The van der Waals surface area contributed by atoms with E-state index in [1.807, 2.05) is 68.4 Å². The van der Waals surface area contributed by atoms with Gasteiger partial charge in [0.1, 0.15) is 5.82 Å². The maximum absolute atomic E-state index is 12.9. The molecule has 0 saturated carbocycles. The van der Waals surface area contributed by atoms with E-state index in [0.29, 0.717) is 24.6 Å². The van der Waals surface area contributed by atoms with E-state index in [2.05, 4.69) is 15.3 Å². The monoisotopic (exact) mass is 415 g/mol. The number of benzene rings is 2. The molecule has 4 aromatic rings. The number of carbonyl (C=O) groups excluding carboxylic acids is 1. The second-order valence-electron chi connectivity index (χ2n) is 7.44. The summed E-state index contributed by atoms with van der Waals surface area (Å²) in [5.74, 6) is 0.551. The van der Waals surface area contributed by atoms with Crippen LogP contribution in [0.2, 0.25) is 0 Å². The lowest BCUT2D eigenvalue weighted by atomic mass is 10.1. The minimum absolute atomic E-state index is 0.0722. The standard InChI is InChI=1S/C24H25N5O2/c1-3-14-28-21-9-4-5-10-22(21)29(24(28)31)15-12-23(30)27-19-8-6-7-18(16-19)20-11-13-25-17(2)26-20/h4-11,13,16H,3,12,14-15H2,1-2H3,(H,27,30). The number of anilines is 1. The molecule has 0 aliphatic heterocycles. The van der Waals surface area contributed by atoms with E-state index in [9.17, 15) is 9.59 Å². The van der Waals surface area contributed by atoms with Crippen molar-refractivity contribution in [1.29, 1.82) is 0 Å². The van der Waals surface area contributed by atoms with Gasteiger partial charge in [0.05, 0.1) is 16.7 Å². The van der Waals surface area contributed by atoms with Crippen molar-refractivity contribution in [1.82, 2.24) is 19.1 Å². The van der Waals surface area contributed by atoms with Crippen LogP contribution >= 0.6 is 0 Å². The van der Waals surface area contributed by atoms with Crippen LogP contribution in [0.4, 0.5) is 5.69 Å². The molecule has 2 heterocycles. The Morgan fingerprint density at radius 1 is 1.00 bits per heavy atom. The van der Waals surface area contributed by atoms with Crippen LogP contribution in [-0.4, -0.2) is 25.0 Å². The topological polar surface area (TPSA) is 81.8 Å². The average molecular weight is 415 g/mol. The fraction of sp³-hybridized carbons (Fsp3) is 0.250. The van der Waals surface area contributed by atoms with Gasteiger partial charge in [0.25, 0.3) is 0 Å². The Hall–Kier alpha value is -3.74. The van der Waals surface area contributed by atoms with E-state index in [-0.39, 0.29) is 18.0 Å². The van der Waals surface area contributed by atoms with Crippen molar-refractivity contribution in [3.63, 3.8) is 0 Å². The predicted molar refractivity (Wildman–Crippen MR) is 122 cm³/mol. The van der Waals surface area contributed by atoms with Crippen molar-refractivity contribution in [3.8, 4) is 11.3 Å². The lowest BCUT2D eigenvalue weighted by Crippen LogP contribution is -2.26. The smallest absolute Gasteiger partial charge is 0.326 e. The number of aromatic nitrogens is 4. The number of rotatable bonds is 7. The fourth-order valence-electron chi connectivity index (χ4n) is 3.74. The van der Waals surface area contributed by atoms with Gasteiger partial charge in [-0.25, -0.2) is 14.8 Å². The SMILES string of the molecule is CCCn1c(=O)n(CCC(=O)Nc2cccc(-c3ccnc(C)n3)c2)c2ccccc21. The lowest BCUT2D eigenvalue weighted by Gasteiger charge is -2.08. The number of para-hydroxylation sites is 2. The summed E-state index contributed by atoms with van der Waals surface area (Å²) in [6.07, 6.45) is 2.79. The average Bonchev–Trinajstić information content (AvgIpc) is 3.04. The van der Waals surface area contributed by atoms with Crippen LogP contribution in [0.15, 0.2) is 65.6 Å². The van der Waals surface area contributed by atoms with Gasteiger partial charge < -0.3 is 5.32 Å². The minimum atomic E-state index is -0.143. The Morgan fingerprint density at radius 3 is 2.45 bits per heavy atom. The molecular weight excluding hydrogens is 390 g/mol. The minimum Gasteiger partial charge on any atom is -0.326 e. The molecule has 0 fully saturated rings. The number of fused-ring (bicyclic) bond motifs is 1. The molecule has 1 amide bonds. The first-order chi connectivity index (χ1) is 15.1. The maximum Gasteiger partial charge on any atom is 0.329 e. The highest BCUT2D eigenvalue weighted by atomic mass is 16.2. The molecule has 0 aliphatic rings. The molecule has 0 radical (unpaired) electrons. The van der Waals surface area contributed by atoms with E-state index in [0.717, 1.165) is 28.7 Å². The number of imidazole rings is 1. The first-order valence-electron chi connectivity index (χ1n) is 10.4. The maximum atomic E-state index is 12.9. The summed E-state index contributed by atoms with van der Waals surface area (Å²) >= 11 is 0. The second kappa shape index (κ2) is 8.95. The number of amides is 1. The van der Waals surface area contributed by atoms with Crippen LogP contribution in [-0.2, 0) is 17.9 Å². The van der Waals surface area contributed by atoms with Gasteiger partial charge in [0.15, 0.2) is 0 Å². The third kappa shape index (κ3) is 4.40. The van der Waals surface area contributed by atoms with E-state index in [1.165, 1.54) is 0 Å². The zero-order valence-corrected chi connectivity index (χ0v) is 17.7. The van der Waals surface area contributed by atoms with E-state index in [4.69, 9.17) is 0 Å². The fourth-order valence-corrected chi connectivity index (χ4v) is 3.74. The number of nitrogens with one attached hydrogen (secondary N) is 1. The molecule has 31 heavy (non-hydrogen) atoms. The third-order valence-electron chi connectivity index (χ3n) is 5.15. The number of nitrogens with zero attached hydrogens (tertiary/aromatic N) is 4. The molecule has 7 heteroatoms. The van der Waals surface area contributed by atoms with E-state index < -0.39 is 0 Å². The Balaban J connectivity index is 1.49. The van der Waals surface area contributed by atoms with Crippen LogP contribution in [0.25, 0.3) is 22.3 Å². The summed E-state index contributed by atoms with van der Waals surface area (Å²) in [7, 11) is 0. The molecule has 158 valence electrons. The summed E-state index contributed by atoms with van der Waals surface area (Å²) in [4.78, 5) is 34.0. The van der Waals surface area contributed by atoms with Crippen LogP contribution in [0.5, 0.6) is 0 Å². The van der Waals surface area contributed by atoms with Crippen LogP contribution in [0.1, 0.15) is 25.6 Å². The molecular formula is C24H25N5O2. The zero-order chi connectivity index (χ0) is 21.8. The molecule has 0 atom stereocenters. The quantitative estimate of drug-likeness (QED) is 0.494. The molecule has 1 N–H and O–H groups in total. The molecule has 0 unspecified atom stereocenters. The summed E-state index contributed by atoms with van der Waals surface area (Å²) < 4.78 is 3.46. The van der Waals surface area contributed by atoms with Gasteiger partial charge in [0, 0.05) is 37.0 Å². The Labute approximate surface area is 180 Å². The molecule has 0 saturated heterocycles. The Bertz CT molecular complexity index is 1290. The van der Waals surface area contributed by atoms with Gasteiger partial charge in [-0.05, 0) is 43.7 Å². The van der Waals surface area contributed by atoms with Gasteiger partial charge in [-0.3, -0.25) is 13.9 Å². The van der Waals surface area contributed by atoms with Gasteiger partial charge >= 0.3 is 5.69 Å². The largest absolute Gasteiger partial charge is 0.329 e. The van der Waals surface area contributed by atoms with Crippen molar-refractivity contribution in [3.05, 3.63) is 77.1 Å². The molecule has 4 rings (SSSR count). The van der Waals surface area contributed by atoms with Crippen molar-refractivity contribution >= 4 is 22.6 Å². The second-order valence-corrected chi connectivity index (χ2v) is 7.44. The Kier molecular flexibility index (Phi) is 5.93. The highest BCUT2D eigenvalue weighted by Gasteiger charge is 2.13. The summed E-state index contributed by atoms with van der Waals surface area (Å²) in [6, 6.07) is 17.1. The predicted octanol–water partition coefficient (Wildman–Crippen LogP) is 4.01. The number of aryl methyl sites for hydroxylation is 3. The first-order valence-corrected chi connectivity index (χ1v) is 10.4. The normalized spacial score (nSPS) is 11.0. The van der Waals surface area contributed by atoms with Crippen molar-refractivity contribution in [2.75, 3.05) is 5.32 Å². The van der Waals surface area contributed by atoms with Crippen molar-refractivity contribution in [2.45, 2.75) is 39.8 Å². The Morgan fingerprint density at radius 2 is 1.74 bits per heavy atom. The molecule has 0 aliphatic carbocycles. The van der Waals surface area contributed by atoms with Crippen LogP contribution in [0.3, 0.4) is 0 Å². The van der Waals surface area contributed by atoms with Crippen LogP contribution in [0, 0.1) is 6.92 Å². The van der Waals surface area contributed by atoms with Crippen LogP contribution < -0.4 is 11.0 Å². The van der Waals surface area contributed by atoms with Crippen molar-refractivity contribution < 1.29 is 4.79 Å². The number of hydrogen-bond donors (Lipinski definition) is 1. The molecule has 2 aromatic heterocycles. The van der Waals surface area contributed by atoms with Gasteiger partial charge in [-0.15, -0.1) is 0 Å². The summed E-state index contributed by atoms with van der Waals surface area (Å²) in [5, 5.41) is 2.93. The summed E-state index contributed by atoms with van der Waals surface area (Å²) in [6.45, 7) is 4.87. The zero-order valence-electron chi connectivity index (χ0n) is 17.7. The first kappa shape index (κ1) is 20.5. The lowest BCUT2D eigenvalue weighted by molar-refractivity contribution is -0.116. The number of hydrogen-bond acceptors (Lipinski definition) is 4. The highest BCUT2D eigenvalue weighted by Crippen LogP contribution is 2.21. The van der Waals surface area contributed by atoms with Gasteiger partial charge in [0.2, 0.25) is 5.91 Å². The molecule has 0 spiro atoms. The van der Waals surface area contributed by atoms with E-state index >= 15 is 0 Å². The van der Waals surface area contributed by atoms with Crippen molar-refractivity contribution in [2.24, 2.45) is 0 Å². The molecule has 7 nitrogen and oxygen atoms in total. The van der Waals surface area contributed by atoms with Gasteiger partial charge in [-0.1, -0.05) is 31.2 Å². The highest BCUT2D eigenvalue weighted by molar-refractivity contribution is 5.91. The summed E-state index contributed by atoms with van der Waals surface area (Å²) in [5.41, 5.74) is 4.09.